The maximum absolute atomic E-state index is 13.1. The van der Waals surface area contributed by atoms with Crippen LogP contribution >= 0.6 is 0 Å². The third-order valence-corrected chi connectivity index (χ3v) is 5.62. The molecule has 0 bridgehead atoms. The molecule has 6 heteroatoms. The molecule has 4 rings (SSSR count). The molecule has 2 amide bonds. The van der Waals surface area contributed by atoms with Crippen LogP contribution in [-0.2, 0) is 22.6 Å². The van der Waals surface area contributed by atoms with E-state index in [9.17, 15) is 9.59 Å². The number of carbonyl (C=O) groups excluding carboxylic acids is 2. The van der Waals surface area contributed by atoms with Crippen molar-refractivity contribution in [3.05, 3.63) is 64.2 Å². The van der Waals surface area contributed by atoms with Gasteiger partial charge < -0.3 is 0 Å². The van der Waals surface area contributed by atoms with Gasteiger partial charge in [-0.25, -0.2) is 4.90 Å². The monoisotopic (exact) mass is 376 g/mol. The molecule has 0 aromatic heterocycles. The lowest BCUT2D eigenvalue weighted by Gasteiger charge is -2.22. The molecule has 0 N–H and O–H groups in total. The van der Waals surface area contributed by atoms with Crippen molar-refractivity contribution in [2.75, 3.05) is 4.90 Å². The number of nitrogens with zero attached hydrogens (tertiary/aromatic N) is 4. The van der Waals surface area contributed by atoms with Gasteiger partial charge in [-0.15, -0.1) is 0 Å². The second kappa shape index (κ2) is 6.86. The molecule has 0 radical (unpaired) electrons. The van der Waals surface area contributed by atoms with Gasteiger partial charge in [0.05, 0.1) is 12.2 Å². The number of amides is 2. The molecular weight excluding hydrogens is 352 g/mol. The molecule has 144 valence electrons. The smallest absolute Gasteiger partial charge is 0.263 e. The lowest BCUT2D eigenvalue weighted by Crippen LogP contribution is -2.39. The molecular formula is C22H24N4O2. The Bertz CT molecular complexity index is 958. The molecule has 2 heterocycles. The number of benzene rings is 2. The van der Waals surface area contributed by atoms with Crippen molar-refractivity contribution in [3.8, 4) is 0 Å². The van der Waals surface area contributed by atoms with E-state index >= 15 is 0 Å². The molecule has 0 unspecified atom stereocenters. The van der Waals surface area contributed by atoms with Gasteiger partial charge in [0.15, 0.2) is 12.1 Å². The average molecular weight is 376 g/mol. The van der Waals surface area contributed by atoms with Crippen LogP contribution in [0.15, 0.2) is 46.7 Å². The second-order valence-electron chi connectivity index (χ2n) is 7.60. The van der Waals surface area contributed by atoms with Crippen molar-refractivity contribution in [2.24, 2.45) is 10.3 Å². The highest BCUT2D eigenvalue weighted by molar-refractivity contribution is 6.25. The van der Waals surface area contributed by atoms with E-state index in [1.54, 1.807) is 5.01 Å². The zero-order valence-corrected chi connectivity index (χ0v) is 16.6. The largest absolute Gasteiger partial charge is 0.271 e. The summed E-state index contributed by atoms with van der Waals surface area (Å²) in [6, 6.07) is 10.4. The van der Waals surface area contributed by atoms with Gasteiger partial charge >= 0.3 is 0 Å². The van der Waals surface area contributed by atoms with Crippen molar-refractivity contribution in [3.63, 3.8) is 0 Å². The summed E-state index contributed by atoms with van der Waals surface area (Å²) in [5.41, 5.74) is 6.39. The minimum absolute atomic E-state index is 0.258. The van der Waals surface area contributed by atoms with Crippen molar-refractivity contribution >= 4 is 17.5 Å². The van der Waals surface area contributed by atoms with E-state index in [1.165, 1.54) is 10.5 Å². The van der Waals surface area contributed by atoms with Crippen molar-refractivity contribution < 1.29 is 9.59 Å². The molecule has 2 aliphatic heterocycles. The van der Waals surface area contributed by atoms with E-state index in [0.29, 0.717) is 12.2 Å². The van der Waals surface area contributed by atoms with E-state index in [0.717, 1.165) is 28.7 Å². The minimum Gasteiger partial charge on any atom is -0.271 e. The fraction of sp³-hybridized carbons (Fsp3) is 0.364. The van der Waals surface area contributed by atoms with Crippen LogP contribution in [0.3, 0.4) is 0 Å². The number of rotatable bonds is 4. The van der Waals surface area contributed by atoms with Gasteiger partial charge in [0, 0.05) is 0 Å². The summed E-state index contributed by atoms with van der Waals surface area (Å²) in [6.07, 6.45) is 0.907. The quantitative estimate of drug-likeness (QED) is 0.765. The van der Waals surface area contributed by atoms with Gasteiger partial charge in [-0.1, -0.05) is 42.0 Å². The van der Waals surface area contributed by atoms with Crippen LogP contribution in [0.2, 0.25) is 0 Å². The Morgan fingerprint density at radius 3 is 2.21 bits per heavy atom. The summed E-state index contributed by atoms with van der Waals surface area (Å²) in [7, 11) is 0. The first kappa shape index (κ1) is 18.3. The maximum atomic E-state index is 13.1. The first-order valence-electron chi connectivity index (χ1n) is 9.61. The Labute approximate surface area is 164 Å². The Morgan fingerprint density at radius 2 is 1.61 bits per heavy atom. The molecule has 1 saturated heterocycles. The van der Waals surface area contributed by atoms with Crippen LogP contribution in [0.4, 0.5) is 5.69 Å². The van der Waals surface area contributed by atoms with E-state index in [1.807, 2.05) is 24.3 Å². The van der Waals surface area contributed by atoms with Gasteiger partial charge in [0.25, 0.3) is 11.8 Å². The van der Waals surface area contributed by atoms with Gasteiger partial charge in [-0.05, 0) is 61.6 Å². The van der Waals surface area contributed by atoms with Crippen LogP contribution in [0.5, 0.6) is 0 Å². The van der Waals surface area contributed by atoms with Crippen molar-refractivity contribution in [1.29, 1.82) is 0 Å². The maximum Gasteiger partial charge on any atom is 0.263 e. The number of hydrogen-bond acceptors (Lipinski definition) is 5. The first-order valence-corrected chi connectivity index (χ1v) is 9.61. The molecule has 0 spiro atoms. The van der Waals surface area contributed by atoms with Gasteiger partial charge in [0.2, 0.25) is 0 Å². The molecule has 6 nitrogen and oxygen atoms in total. The SMILES string of the molecule is CCc1ccc(N2C(=O)[C@H]3N=NN(Cc4c(C)cc(C)cc4C)[C@H]3C2=O)cc1. The van der Waals surface area contributed by atoms with E-state index < -0.39 is 12.1 Å². The van der Waals surface area contributed by atoms with Gasteiger partial charge in [-0.2, -0.15) is 5.11 Å². The zero-order chi connectivity index (χ0) is 20.0. The minimum atomic E-state index is -0.760. The normalized spacial score (nSPS) is 21.0. The first-order chi connectivity index (χ1) is 13.4. The van der Waals surface area contributed by atoms with E-state index in [2.05, 4.69) is 50.2 Å². The lowest BCUT2D eigenvalue weighted by atomic mass is 9.99. The average Bonchev–Trinajstić information content (AvgIpc) is 3.18. The lowest BCUT2D eigenvalue weighted by molar-refractivity contribution is -0.123. The van der Waals surface area contributed by atoms with E-state index in [4.69, 9.17) is 0 Å². The third-order valence-electron chi connectivity index (χ3n) is 5.62. The van der Waals surface area contributed by atoms with Gasteiger partial charge in [-0.3, -0.25) is 14.6 Å². The standard InChI is InChI=1S/C22H24N4O2/c1-5-16-6-8-17(9-7-16)26-21(27)19-20(22(26)28)25(24-23-19)12-18-14(3)10-13(2)11-15(18)4/h6-11,19-20H,5,12H2,1-4H3/t19-,20+/m0/s1. The molecule has 1 fully saturated rings. The molecule has 0 aliphatic carbocycles. The van der Waals surface area contributed by atoms with Crippen LogP contribution in [0, 0.1) is 20.8 Å². The topological polar surface area (TPSA) is 65.3 Å². The third kappa shape index (κ3) is 2.89. The van der Waals surface area contributed by atoms with Crippen molar-refractivity contribution in [1.82, 2.24) is 5.01 Å². The zero-order valence-electron chi connectivity index (χ0n) is 16.6. The molecule has 2 aromatic carbocycles. The number of imide groups is 1. The number of fused-ring (bicyclic) bond motifs is 1. The molecule has 28 heavy (non-hydrogen) atoms. The summed E-state index contributed by atoms with van der Waals surface area (Å²) in [4.78, 5) is 27.2. The number of anilines is 1. The Balaban J connectivity index is 1.61. The highest BCUT2D eigenvalue weighted by atomic mass is 16.2. The fourth-order valence-electron chi connectivity index (χ4n) is 4.11. The molecule has 2 aromatic rings. The summed E-state index contributed by atoms with van der Waals surface area (Å²) in [6.45, 7) is 8.71. The highest BCUT2D eigenvalue weighted by Crippen LogP contribution is 2.33. The number of aryl methyl sites for hydroxylation is 4. The summed E-state index contributed by atoms with van der Waals surface area (Å²) >= 11 is 0. The predicted molar refractivity (Wildman–Crippen MR) is 107 cm³/mol. The van der Waals surface area contributed by atoms with Crippen LogP contribution in [-0.4, -0.2) is 28.9 Å². The van der Waals surface area contributed by atoms with Gasteiger partial charge in [0.1, 0.15) is 0 Å². The predicted octanol–water partition coefficient (Wildman–Crippen LogP) is 3.67. The van der Waals surface area contributed by atoms with Crippen LogP contribution in [0.25, 0.3) is 0 Å². The van der Waals surface area contributed by atoms with E-state index in [-0.39, 0.29) is 11.8 Å². The Hall–Kier alpha value is -3.02. The van der Waals surface area contributed by atoms with Crippen molar-refractivity contribution in [2.45, 2.75) is 52.7 Å². The Kier molecular flexibility index (Phi) is 4.49. The summed E-state index contributed by atoms with van der Waals surface area (Å²) < 4.78 is 0. The Morgan fingerprint density at radius 1 is 0.964 bits per heavy atom. The highest BCUT2D eigenvalue weighted by Gasteiger charge is 2.54. The fourth-order valence-corrected chi connectivity index (χ4v) is 4.11. The number of hydrogen-bond donors (Lipinski definition) is 0. The van der Waals surface area contributed by atoms with Crippen LogP contribution < -0.4 is 4.90 Å². The van der Waals surface area contributed by atoms with Crippen LogP contribution in [0.1, 0.15) is 34.7 Å². The second-order valence-corrected chi connectivity index (χ2v) is 7.60. The number of carbonyl (C=O) groups is 2. The summed E-state index contributed by atoms with van der Waals surface area (Å²) in [5, 5.41) is 9.96. The molecule has 2 atom stereocenters. The molecule has 0 saturated carbocycles. The molecule has 2 aliphatic rings. The summed E-state index contributed by atoms with van der Waals surface area (Å²) in [5.74, 6) is -0.561.